The van der Waals surface area contributed by atoms with Crippen molar-refractivity contribution in [2.75, 3.05) is 18.4 Å². The summed E-state index contributed by atoms with van der Waals surface area (Å²) in [5.41, 5.74) is 3.17. The molecule has 1 aliphatic heterocycles. The molecule has 116 valence electrons. The highest BCUT2D eigenvalue weighted by atomic mass is 35.5. The normalized spacial score (nSPS) is 18.0. The molecule has 1 N–H and O–H groups in total. The van der Waals surface area contributed by atoms with Crippen LogP contribution in [0.2, 0.25) is 5.02 Å². The zero-order valence-electron chi connectivity index (χ0n) is 12.7. The number of carbonyl (C=O) groups excluding carboxylic acids is 1. The molecule has 0 bridgehead atoms. The number of thiophene rings is 1. The Hall–Kier alpha value is -1.36. The van der Waals surface area contributed by atoms with Gasteiger partial charge in [-0.2, -0.15) is 0 Å². The Bertz CT molecular complexity index is 698. The number of hydrogen-bond donors (Lipinski definition) is 1. The van der Waals surface area contributed by atoms with Crippen molar-refractivity contribution in [2.24, 2.45) is 0 Å². The Morgan fingerprint density at radius 2 is 2.27 bits per heavy atom. The van der Waals surface area contributed by atoms with Crippen LogP contribution in [0.5, 0.6) is 0 Å². The summed E-state index contributed by atoms with van der Waals surface area (Å²) >= 11 is 7.81. The number of amides is 1. The number of benzene rings is 1. The monoisotopic (exact) mass is 334 g/mol. The van der Waals surface area contributed by atoms with Gasteiger partial charge in [-0.25, -0.2) is 0 Å². The highest BCUT2D eigenvalue weighted by Gasteiger charge is 2.26. The summed E-state index contributed by atoms with van der Waals surface area (Å²) in [4.78, 5) is 16.0. The zero-order chi connectivity index (χ0) is 15.7. The Morgan fingerprint density at radius 3 is 3.09 bits per heavy atom. The van der Waals surface area contributed by atoms with E-state index in [2.05, 4.69) is 28.6 Å². The van der Waals surface area contributed by atoms with Gasteiger partial charge >= 0.3 is 0 Å². The van der Waals surface area contributed by atoms with Gasteiger partial charge in [0.05, 0.1) is 6.54 Å². The standard InChI is InChI=1S/C17H19ClN2OS/c1-11-3-4-13(18)9-15(11)19-17(21)10-20-7-5-16-14(12(20)2)6-8-22-16/h3-4,6,8-9,12H,5,7,10H2,1-2H3,(H,19,21)/t12-/m0/s1. The van der Waals surface area contributed by atoms with Crippen LogP contribution in [0.4, 0.5) is 5.69 Å². The third-order valence-corrected chi connectivity index (χ3v) is 5.46. The molecular weight excluding hydrogens is 316 g/mol. The first-order valence-electron chi connectivity index (χ1n) is 7.41. The molecule has 0 aliphatic carbocycles. The molecule has 3 nitrogen and oxygen atoms in total. The van der Waals surface area contributed by atoms with Gasteiger partial charge in [0.15, 0.2) is 0 Å². The highest BCUT2D eigenvalue weighted by Crippen LogP contribution is 2.32. The van der Waals surface area contributed by atoms with E-state index in [1.807, 2.05) is 30.4 Å². The van der Waals surface area contributed by atoms with Crippen LogP contribution in [0.1, 0.15) is 29.0 Å². The van der Waals surface area contributed by atoms with Crippen molar-refractivity contribution in [3.05, 3.63) is 50.7 Å². The number of rotatable bonds is 3. The molecule has 0 fully saturated rings. The van der Waals surface area contributed by atoms with E-state index < -0.39 is 0 Å². The minimum absolute atomic E-state index is 0.0101. The van der Waals surface area contributed by atoms with E-state index in [1.54, 1.807) is 6.07 Å². The predicted octanol–water partition coefficient (Wildman–Crippen LogP) is 4.27. The quantitative estimate of drug-likeness (QED) is 0.909. The molecule has 1 amide bonds. The Balaban J connectivity index is 1.66. The molecule has 1 atom stereocenters. The predicted molar refractivity (Wildman–Crippen MR) is 92.8 cm³/mol. The molecule has 5 heteroatoms. The molecule has 0 saturated heterocycles. The third kappa shape index (κ3) is 3.19. The Kier molecular flexibility index (Phi) is 4.52. The van der Waals surface area contributed by atoms with Crippen molar-refractivity contribution in [2.45, 2.75) is 26.3 Å². The van der Waals surface area contributed by atoms with E-state index in [0.717, 1.165) is 24.2 Å². The van der Waals surface area contributed by atoms with Crippen molar-refractivity contribution in [3.63, 3.8) is 0 Å². The van der Waals surface area contributed by atoms with Gasteiger partial charge in [0.2, 0.25) is 5.91 Å². The molecular formula is C17H19ClN2OS. The maximum Gasteiger partial charge on any atom is 0.238 e. The molecule has 2 aromatic rings. The topological polar surface area (TPSA) is 32.3 Å². The Morgan fingerprint density at radius 1 is 1.45 bits per heavy atom. The van der Waals surface area contributed by atoms with Gasteiger partial charge in [0.1, 0.15) is 0 Å². The summed E-state index contributed by atoms with van der Waals surface area (Å²) < 4.78 is 0. The van der Waals surface area contributed by atoms with Crippen LogP contribution in [0.25, 0.3) is 0 Å². The SMILES string of the molecule is Cc1ccc(Cl)cc1NC(=O)CN1CCc2sccc2[C@@H]1C. The second-order valence-electron chi connectivity index (χ2n) is 5.70. The van der Waals surface area contributed by atoms with Crippen molar-refractivity contribution < 1.29 is 4.79 Å². The maximum atomic E-state index is 12.3. The van der Waals surface area contributed by atoms with Gasteiger partial charge in [-0.3, -0.25) is 9.69 Å². The van der Waals surface area contributed by atoms with Gasteiger partial charge in [-0.1, -0.05) is 17.7 Å². The van der Waals surface area contributed by atoms with E-state index in [1.165, 1.54) is 10.4 Å². The Labute approximate surface area is 139 Å². The molecule has 1 aliphatic rings. The second kappa shape index (κ2) is 6.41. The molecule has 3 rings (SSSR count). The first-order chi connectivity index (χ1) is 10.5. The van der Waals surface area contributed by atoms with Crippen molar-refractivity contribution in [1.82, 2.24) is 4.90 Å². The molecule has 0 spiro atoms. The summed E-state index contributed by atoms with van der Waals surface area (Å²) in [6.45, 7) is 5.47. The smallest absolute Gasteiger partial charge is 0.238 e. The van der Waals surface area contributed by atoms with Crippen LogP contribution in [0.15, 0.2) is 29.6 Å². The van der Waals surface area contributed by atoms with Crippen LogP contribution in [0, 0.1) is 6.92 Å². The molecule has 0 unspecified atom stereocenters. The van der Waals surface area contributed by atoms with Crippen LogP contribution in [-0.2, 0) is 11.2 Å². The average Bonchev–Trinajstić information content (AvgIpc) is 2.95. The lowest BCUT2D eigenvalue weighted by molar-refractivity contribution is -0.117. The number of nitrogens with one attached hydrogen (secondary N) is 1. The highest BCUT2D eigenvalue weighted by molar-refractivity contribution is 7.10. The summed E-state index contributed by atoms with van der Waals surface area (Å²) in [5, 5.41) is 5.75. The van der Waals surface area contributed by atoms with E-state index in [9.17, 15) is 4.79 Å². The molecule has 0 saturated carbocycles. The first kappa shape index (κ1) is 15.5. The fourth-order valence-electron chi connectivity index (χ4n) is 2.88. The number of halogens is 1. The first-order valence-corrected chi connectivity index (χ1v) is 8.66. The van der Waals surface area contributed by atoms with Crippen LogP contribution >= 0.6 is 22.9 Å². The molecule has 2 heterocycles. The summed E-state index contributed by atoms with van der Waals surface area (Å²) in [5.74, 6) is 0.0101. The molecule has 22 heavy (non-hydrogen) atoms. The minimum atomic E-state index is 0.0101. The van der Waals surface area contributed by atoms with Gasteiger partial charge in [-0.15, -0.1) is 11.3 Å². The van der Waals surface area contributed by atoms with Crippen LogP contribution < -0.4 is 5.32 Å². The molecule has 1 aromatic carbocycles. The summed E-state index contributed by atoms with van der Waals surface area (Å²) in [6, 6.07) is 8.01. The van der Waals surface area contributed by atoms with Gasteiger partial charge in [-0.05, 0) is 55.0 Å². The maximum absolute atomic E-state index is 12.3. The molecule has 1 aromatic heterocycles. The number of aryl methyl sites for hydroxylation is 1. The van der Waals surface area contributed by atoms with E-state index in [4.69, 9.17) is 11.6 Å². The average molecular weight is 335 g/mol. The number of carbonyl (C=O) groups is 1. The molecule has 0 radical (unpaired) electrons. The van der Waals surface area contributed by atoms with Gasteiger partial charge < -0.3 is 5.32 Å². The number of fused-ring (bicyclic) bond motifs is 1. The van der Waals surface area contributed by atoms with Crippen molar-refractivity contribution >= 4 is 34.5 Å². The van der Waals surface area contributed by atoms with Crippen molar-refractivity contribution in [3.8, 4) is 0 Å². The van der Waals surface area contributed by atoms with Gasteiger partial charge in [0, 0.05) is 28.2 Å². The zero-order valence-corrected chi connectivity index (χ0v) is 14.3. The van der Waals surface area contributed by atoms with Crippen LogP contribution in [-0.4, -0.2) is 23.9 Å². The lowest BCUT2D eigenvalue weighted by Crippen LogP contribution is -2.39. The lowest BCUT2D eigenvalue weighted by atomic mass is 10.0. The fraction of sp³-hybridized carbons (Fsp3) is 0.353. The third-order valence-electron chi connectivity index (χ3n) is 4.22. The van der Waals surface area contributed by atoms with E-state index in [-0.39, 0.29) is 5.91 Å². The summed E-state index contributed by atoms with van der Waals surface area (Å²) in [6.07, 6.45) is 1.03. The lowest BCUT2D eigenvalue weighted by Gasteiger charge is -2.33. The fourth-order valence-corrected chi connectivity index (χ4v) is 4.02. The summed E-state index contributed by atoms with van der Waals surface area (Å²) in [7, 11) is 0. The van der Waals surface area contributed by atoms with E-state index in [0.29, 0.717) is 17.6 Å². The van der Waals surface area contributed by atoms with Crippen LogP contribution in [0.3, 0.4) is 0 Å². The largest absolute Gasteiger partial charge is 0.325 e. The van der Waals surface area contributed by atoms with E-state index >= 15 is 0 Å². The van der Waals surface area contributed by atoms with Crippen molar-refractivity contribution in [1.29, 1.82) is 0 Å². The number of hydrogen-bond acceptors (Lipinski definition) is 3. The second-order valence-corrected chi connectivity index (χ2v) is 7.14. The minimum Gasteiger partial charge on any atom is -0.325 e. The van der Waals surface area contributed by atoms with Gasteiger partial charge in [0.25, 0.3) is 0 Å². The number of nitrogens with zero attached hydrogens (tertiary/aromatic N) is 1. The number of anilines is 1.